The van der Waals surface area contributed by atoms with Gasteiger partial charge in [0.1, 0.15) is 6.10 Å². The van der Waals surface area contributed by atoms with Crippen molar-refractivity contribution >= 4 is 41.3 Å². The van der Waals surface area contributed by atoms with Gasteiger partial charge in [-0.25, -0.2) is 0 Å². The molecule has 0 amide bonds. The summed E-state index contributed by atoms with van der Waals surface area (Å²) < 4.78 is 7.70. The van der Waals surface area contributed by atoms with Crippen molar-refractivity contribution in [2.45, 2.75) is 19.6 Å². The van der Waals surface area contributed by atoms with Crippen LogP contribution in [0, 0.1) is 6.92 Å². The van der Waals surface area contributed by atoms with E-state index in [2.05, 4.69) is 39.4 Å². The zero-order chi connectivity index (χ0) is 16.2. The molecule has 1 atom stereocenters. The largest absolute Gasteiger partial charge is 0.370 e. The number of hydrogen-bond acceptors (Lipinski definition) is 4. The van der Waals surface area contributed by atoms with Crippen molar-refractivity contribution < 1.29 is 4.74 Å². The first-order valence-electron chi connectivity index (χ1n) is 7.77. The number of guanidine groups is 1. The van der Waals surface area contributed by atoms with Crippen molar-refractivity contribution in [1.82, 2.24) is 20.0 Å². The molecule has 0 radical (unpaired) electrons. The summed E-state index contributed by atoms with van der Waals surface area (Å²) in [4.78, 5) is 9.33. The Hall–Kier alpha value is -1.13. The predicted molar refractivity (Wildman–Crippen MR) is 108 cm³/mol. The lowest BCUT2D eigenvalue weighted by atomic mass is 10.1. The third-order valence-corrected chi connectivity index (χ3v) is 4.89. The number of nitrogens with zero attached hydrogens (tertiary/aromatic N) is 4. The Morgan fingerprint density at radius 1 is 1.50 bits per heavy atom. The summed E-state index contributed by atoms with van der Waals surface area (Å²) in [6.45, 7) is 5.26. The highest BCUT2D eigenvalue weighted by atomic mass is 127. The molecule has 1 fully saturated rings. The van der Waals surface area contributed by atoms with Crippen LogP contribution in [0.15, 0.2) is 29.5 Å². The van der Waals surface area contributed by atoms with E-state index < -0.39 is 0 Å². The first-order chi connectivity index (χ1) is 11.2. The van der Waals surface area contributed by atoms with Crippen LogP contribution in [0.5, 0.6) is 0 Å². The smallest absolute Gasteiger partial charge is 0.194 e. The number of halogens is 1. The summed E-state index contributed by atoms with van der Waals surface area (Å²) in [7, 11) is 3.75. The fourth-order valence-electron chi connectivity index (χ4n) is 2.73. The van der Waals surface area contributed by atoms with Gasteiger partial charge in [-0.3, -0.25) is 9.67 Å². The molecule has 2 aromatic heterocycles. The standard InChI is InChI=1S/C16H23N5OS.HI/c1-12-4-5-14(23-12)9-18-16(17-2)21-6-7-22-15(11-21)13-8-19-20(3)10-13;/h4-5,8,10,15H,6-7,9,11H2,1-3H3,(H,17,18);1H. The summed E-state index contributed by atoms with van der Waals surface area (Å²) in [5.74, 6) is 0.924. The van der Waals surface area contributed by atoms with Crippen LogP contribution in [0.4, 0.5) is 0 Å². The molecule has 0 aliphatic carbocycles. The van der Waals surface area contributed by atoms with Gasteiger partial charge >= 0.3 is 0 Å². The van der Waals surface area contributed by atoms with E-state index in [0.717, 1.165) is 31.2 Å². The molecule has 0 aromatic carbocycles. The fraction of sp³-hybridized carbons (Fsp3) is 0.500. The van der Waals surface area contributed by atoms with Crippen molar-refractivity contribution in [2.75, 3.05) is 26.7 Å². The number of morpholine rings is 1. The zero-order valence-corrected chi connectivity index (χ0v) is 17.4. The van der Waals surface area contributed by atoms with Gasteiger partial charge in [-0.1, -0.05) is 0 Å². The van der Waals surface area contributed by atoms with Gasteiger partial charge in [-0.15, -0.1) is 35.3 Å². The number of ether oxygens (including phenoxy) is 1. The summed E-state index contributed by atoms with van der Waals surface area (Å²) >= 11 is 1.82. The summed E-state index contributed by atoms with van der Waals surface area (Å²) in [5, 5.41) is 7.69. The second-order valence-corrected chi connectivity index (χ2v) is 7.04. The predicted octanol–water partition coefficient (Wildman–Crippen LogP) is 2.56. The Labute approximate surface area is 163 Å². The van der Waals surface area contributed by atoms with Gasteiger partial charge in [0.05, 0.1) is 25.9 Å². The van der Waals surface area contributed by atoms with Gasteiger partial charge in [-0.05, 0) is 19.1 Å². The van der Waals surface area contributed by atoms with Crippen LogP contribution in [0.3, 0.4) is 0 Å². The Morgan fingerprint density at radius 3 is 2.96 bits per heavy atom. The summed E-state index contributed by atoms with van der Waals surface area (Å²) in [6.07, 6.45) is 3.93. The van der Waals surface area contributed by atoms with Crippen molar-refractivity contribution in [1.29, 1.82) is 0 Å². The molecule has 1 saturated heterocycles. The number of rotatable bonds is 3. The van der Waals surface area contributed by atoms with Gasteiger partial charge in [0.15, 0.2) is 5.96 Å². The highest BCUT2D eigenvalue weighted by Gasteiger charge is 2.25. The fourth-order valence-corrected chi connectivity index (χ4v) is 3.56. The number of aliphatic imine (C=N–C) groups is 1. The second kappa shape index (κ2) is 8.82. The molecule has 6 nitrogen and oxygen atoms in total. The van der Waals surface area contributed by atoms with E-state index in [4.69, 9.17) is 4.74 Å². The molecule has 8 heteroatoms. The van der Waals surface area contributed by atoms with Crippen LogP contribution in [0.1, 0.15) is 21.4 Å². The minimum absolute atomic E-state index is 0. The maximum absolute atomic E-state index is 5.89. The van der Waals surface area contributed by atoms with E-state index in [0.29, 0.717) is 6.61 Å². The van der Waals surface area contributed by atoms with Crippen molar-refractivity contribution in [3.63, 3.8) is 0 Å². The van der Waals surface area contributed by atoms with Crippen LogP contribution in [0.2, 0.25) is 0 Å². The molecule has 0 spiro atoms. The average Bonchev–Trinajstić information content (AvgIpc) is 3.17. The molecule has 1 N–H and O–H groups in total. The Kier molecular flexibility index (Phi) is 7.05. The first kappa shape index (κ1) is 19.2. The van der Waals surface area contributed by atoms with E-state index >= 15 is 0 Å². The van der Waals surface area contributed by atoms with Crippen molar-refractivity contribution in [2.24, 2.45) is 12.0 Å². The van der Waals surface area contributed by atoms with Crippen LogP contribution in [-0.2, 0) is 18.3 Å². The summed E-state index contributed by atoms with van der Waals surface area (Å²) in [6, 6.07) is 4.32. The molecule has 1 aliphatic rings. The number of aromatic nitrogens is 2. The van der Waals surface area contributed by atoms with E-state index in [1.165, 1.54) is 9.75 Å². The molecule has 132 valence electrons. The maximum atomic E-state index is 5.89. The van der Waals surface area contributed by atoms with Gasteiger partial charge in [-0.2, -0.15) is 5.10 Å². The van der Waals surface area contributed by atoms with Gasteiger partial charge in [0, 0.05) is 42.2 Å². The Balaban J connectivity index is 0.00000208. The van der Waals surface area contributed by atoms with Crippen LogP contribution < -0.4 is 5.32 Å². The SMILES string of the molecule is CN=C(NCc1ccc(C)s1)N1CCOC(c2cnn(C)c2)C1.I. The highest BCUT2D eigenvalue weighted by Crippen LogP contribution is 2.22. The number of aryl methyl sites for hydroxylation is 2. The molecular formula is C16H24IN5OS. The highest BCUT2D eigenvalue weighted by molar-refractivity contribution is 14.0. The summed E-state index contributed by atoms with van der Waals surface area (Å²) in [5.41, 5.74) is 1.11. The van der Waals surface area contributed by atoms with Crippen molar-refractivity contribution in [3.8, 4) is 0 Å². The Bertz CT molecular complexity index is 684. The lowest BCUT2D eigenvalue weighted by Crippen LogP contribution is -2.47. The molecule has 3 heterocycles. The molecule has 1 unspecified atom stereocenters. The van der Waals surface area contributed by atoms with Crippen LogP contribution in [0.25, 0.3) is 0 Å². The van der Waals surface area contributed by atoms with E-state index in [1.54, 1.807) is 0 Å². The van der Waals surface area contributed by atoms with Crippen LogP contribution >= 0.6 is 35.3 Å². The lowest BCUT2D eigenvalue weighted by molar-refractivity contribution is -0.00804. The first-order valence-corrected chi connectivity index (χ1v) is 8.58. The average molecular weight is 461 g/mol. The third kappa shape index (κ3) is 4.70. The van der Waals surface area contributed by atoms with Gasteiger partial charge in [0.25, 0.3) is 0 Å². The second-order valence-electron chi connectivity index (χ2n) is 5.67. The minimum atomic E-state index is 0. The normalized spacial score (nSPS) is 18.4. The number of thiophene rings is 1. The third-order valence-electron chi connectivity index (χ3n) is 3.89. The Morgan fingerprint density at radius 2 is 2.33 bits per heavy atom. The minimum Gasteiger partial charge on any atom is -0.370 e. The quantitative estimate of drug-likeness (QED) is 0.434. The molecular weight excluding hydrogens is 437 g/mol. The topological polar surface area (TPSA) is 54.7 Å². The van der Waals surface area contributed by atoms with E-state index in [-0.39, 0.29) is 30.1 Å². The molecule has 0 bridgehead atoms. The molecule has 2 aromatic rings. The van der Waals surface area contributed by atoms with Crippen LogP contribution in [-0.4, -0.2) is 47.4 Å². The zero-order valence-electron chi connectivity index (χ0n) is 14.2. The maximum Gasteiger partial charge on any atom is 0.194 e. The monoisotopic (exact) mass is 461 g/mol. The molecule has 24 heavy (non-hydrogen) atoms. The number of hydrogen-bond donors (Lipinski definition) is 1. The number of nitrogens with one attached hydrogen (secondary N) is 1. The van der Waals surface area contributed by atoms with E-state index in [1.807, 2.05) is 42.5 Å². The lowest BCUT2D eigenvalue weighted by Gasteiger charge is -2.34. The van der Waals surface area contributed by atoms with Gasteiger partial charge < -0.3 is 15.0 Å². The van der Waals surface area contributed by atoms with Gasteiger partial charge in [0.2, 0.25) is 0 Å². The van der Waals surface area contributed by atoms with E-state index in [9.17, 15) is 0 Å². The molecule has 3 rings (SSSR count). The molecule has 1 aliphatic heterocycles. The molecule has 0 saturated carbocycles. The van der Waals surface area contributed by atoms with Crippen molar-refractivity contribution in [3.05, 3.63) is 39.8 Å².